The Morgan fingerprint density at radius 3 is 2.42 bits per heavy atom. The summed E-state index contributed by atoms with van der Waals surface area (Å²) in [7, 11) is 0. The highest BCUT2D eigenvalue weighted by atomic mass is 19.1. The monoisotopic (exact) mass is 515 g/mol. The van der Waals surface area contributed by atoms with Crippen LogP contribution in [0.3, 0.4) is 0 Å². The van der Waals surface area contributed by atoms with Crippen molar-refractivity contribution in [3.63, 3.8) is 0 Å². The Morgan fingerprint density at radius 1 is 1.16 bits per heavy atom. The number of carbonyl (C=O) groups excluding carboxylic acids is 2. The maximum atomic E-state index is 15.6. The summed E-state index contributed by atoms with van der Waals surface area (Å²) in [6, 6.07) is 11.4. The van der Waals surface area contributed by atoms with Crippen LogP contribution >= 0.6 is 0 Å². The van der Waals surface area contributed by atoms with E-state index in [9.17, 15) is 9.59 Å². The zero-order chi connectivity index (χ0) is 27.0. The zero-order valence-corrected chi connectivity index (χ0v) is 22.5. The minimum atomic E-state index is -0.958. The summed E-state index contributed by atoms with van der Waals surface area (Å²) in [6.45, 7) is 13.5. The molecule has 0 spiro atoms. The van der Waals surface area contributed by atoms with Gasteiger partial charge < -0.3 is 15.1 Å². The summed E-state index contributed by atoms with van der Waals surface area (Å²) < 4.78 is 15.6. The van der Waals surface area contributed by atoms with Crippen molar-refractivity contribution in [3.8, 4) is 0 Å². The molecule has 5 nitrogen and oxygen atoms in total. The minimum Gasteiger partial charge on any atom is -0.346 e. The van der Waals surface area contributed by atoms with E-state index in [0.29, 0.717) is 30.8 Å². The quantitative estimate of drug-likeness (QED) is 0.522. The van der Waals surface area contributed by atoms with E-state index in [0.717, 1.165) is 31.2 Å². The lowest BCUT2D eigenvalue weighted by atomic mass is 9.86. The predicted octanol–water partition coefficient (Wildman–Crippen LogP) is 5.11. The third-order valence-corrected chi connectivity index (χ3v) is 8.56. The lowest BCUT2D eigenvalue weighted by Crippen LogP contribution is -2.62. The Bertz CT molecular complexity index is 1230. The van der Waals surface area contributed by atoms with Gasteiger partial charge in [-0.05, 0) is 73.6 Å². The zero-order valence-electron chi connectivity index (χ0n) is 22.5. The van der Waals surface area contributed by atoms with Gasteiger partial charge in [-0.1, -0.05) is 56.0 Å². The molecule has 2 saturated heterocycles. The summed E-state index contributed by atoms with van der Waals surface area (Å²) in [4.78, 5) is 31.7. The highest BCUT2D eigenvalue weighted by Gasteiger charge is 2.47. The Balaban J connectivity index is 1.58. The van der Waals surface area contributed by atoms with Crippen LogP contribution in [-0.2, 0) is 22.4 Å². The van der Waals surface area contributed by atoms with E-state index in [1.807, 2.05) is 47.9 Å². The molecule has 0 bridgehead atoms. The van der Waals surface area contributed by atoms with Gasteiger partial charge in [-0.3, -0.25) is 9.59 Å². The van der Waals surface area contributed by atoms with Crippen molar-refractivity contribution in [2.45, 2.75) is 64.1 Å². The molecule has 0 saturated carbocycles. The van der Waals surface area contributed by atoms with E-state index in [2.05, 4.69) is 30.6 Å². The molecule has 2 heterocycles. The molecule has 2 unspecified atom stereocenters. The number of allylic oxidation sites excluding steroid dienone is 1. The number of fused-ring (bicyclic) bond motifs is 1. The average molecular weight is 516 g/mol. The van der Waals surface area contributed by atoms with Gasteiger partial charge in [0.05, 0.1) is 6.04 Å². The highest BCUT2D eigenvalue weighted by molar-refractivity contribution is 5.88. The summed E-state index contributed by atoms with van der Waals surface area (Å²) in [6.07, 6.45) is 5.78. The molecule has 2 aromatic carbocycles. The second-order valence-corrected chi connectivity index (χ2v) is 11.2. The predicted molar refractivity (Wildman–Crippen MR) is 148 cm³/mol. The Morgan fingerprint density at radius 2 is 1.82 bits per heavy atom. The Labute approximate surface area is 225 Å². The molecule has 200 valence electrons. The highest BCUT2D eigenvalue weighted by Crippen LogP contribution is 2.40. The SMILES string of the molecule is C=CC(C)C[C@@H]1C(=O)N[C@H](C2Cc3ccccc3C2)C(=C)N1C(C(=O)N1CCCC1)c1ccc(C)cc1F. The van der Waals surface area contributed by atoms with Crippen LogP contribution in [0.15, 0.2) is 67.4 Å². The fourth-order valence-corrected chi connectivity index (χ4v) is 6.42. The van der Waals surface area contributed by atoms with Crippen LogP contribution in [0.25, 0.3) is 0 Å². The Hall–Kier alpha value is -3.41. The smallest absolute Gasteiger partial charge is 0.250 e. The number of hydrogen-bond donors (Lipinski definition) is 1. The van der Waals surface area contributed by atoms with Gasteiger partial charge in [0, 0.05) is 24.4 Å². The van der Waals surface area contributed by atoms with Crippen LogP contribution in [0.4, 0.5) is 4.39 Å². The van der Waals surface area contributed by atoms with Gasteiger partial charge in [0.1, 0.15) is 17.9 Å². The summed E-state index contributed by atoms with van der Waals surface area (Å²) >= 11 is 0. The summed E-state index contributed by atoms with van der Waals surface area (Å²) in [5.41, 5.74) is 4.33. The molecule has 4 atom stereocenters. The third kappa shape index (κ3) is 4.89. The maximum Gasteiger partial charge on any atom is 0.250 e. The van der Waals surface area contributed by atoms with E-state index in [1.54, 1.807) is 6.07 Å². The molecule has 3 aliphatic rings. The first kappa shape index (κ1) is 26.2. The van der Waals surface area contributed by atoms with Crippen molar-refractivity contribution in [3.05, 3.63) is 95.5 Å². The topological polar surface area (TPSA) is 52.7 Å². The molecule has 38 heavy (non-hydrogen) atoms. The molecule has 2 aliphatic heterocycles. The standard InChI is InChI=1S/C32H38FN3O2/c1-5-20(2)17-28-31(37)34-29(25-18-23-10-6-7-11-24(23)19-25)22(4)36(28)30(32(38)35-14-8-9-15-35)26-13-12-21(3)16-27(26)33/h5-7,10-13,16,20,25,28-30H,1,4,8-9,14-15,17-19H2,2-3H3,(H,34,37)/t20?,28-,29+,30?/m1/s1. The van der Waals surface area contributed by atoms with Crippen LogP contribution in [0.1, 0.15) is 54.5 Å². The minimum absolute atomic E-state index is 0.0266. The molecule has 2 aromatic rings. The number of amides is 2. The van der Waals surface area contributed by atoms with E-state index < -0.39 is 17.9 Å². The van der Waals surface area contributed by atoms with Gasteiger partial charge in [0.25, 0.3) is 0 Å². The molecule has 0 aromatic heterocycles. The van der Waals surface area contributed by atoms with E-state index in [4.69, 9.17) is 0 Å². The van der Waals surface area contributed by atoms with E-state index >= 15 is 4.39 Å². The first-order valence-corrected chi connectivity index (χ1v) is 13.8. The summed E-state index contributed by atoms with van der Waals surface area (Å²) in [5.74, 6) is -0.584. The van der Waals surface area contributed by atoms with Crippen molar-refractivity contribution < 1.29 is 14.0 Å². The molecule has 1 N–H and O–H groups in total. The number of likely N-dealkylation sites (tertiary alicyclic amines) is 1. The second kappa shape index (κ2) is 10.8. The number of rotatable bonds is 7. The normalized spacial score (nSPS) is 23.2. The Kier molecular flexibility index (Phi) is 7.42. The van der Waals surface area contributed by atoms with Gasteiger partial charge in [-0.2, -0.15) is 0 Å². The van der Waals surface area contributed by atoms with Crippen molar-refractivity contribution in [2.24, 2.45) is 11.8 Å². The van der Waals surface area contributed by atoms with Crippen LogP contribution in [0, 0.1) is 24.6 Å². The molecule has 2 fully saturated rings. The van der Waals surface area contributed by atoms with Crippen LogP contribution < -0.4 is 5.32 Å². The molecule has 0 radical (unpaired) electrons. The fraction of sp³-hybridized carbons (Fsp3) is 0.438. The summed E-state index contributed by atoms with van der Waals surface area (Å²) in [5, 5.41) is 3.26. The number of hydrogen-bond acceptors (Lipinski definition) is 3. The van der Waals surface area contributed by atoms with Crippen molar-refractivity contribution in [1.29, 1.82) is 0 Å². The third-order valence-electron chi connectivity index (χ3n) is 8.56. The fourth-order valence-electron chi connectivity index (χ4n) is 6.42. The number of nitrogens with zero attached hydrogens (tertiary/aromatic N) is 2. The van der Waals surface area contributed by atoms with Gasteiger partial charge in [0.15, 0.2) is 0 Å². The number of benzene rings is 2. The lowest BCUT2D eigenvalue weighted by molar-refractivity contribution is -0.141. The number of aryl methyl sites for hydroxylation is 1. The second-order valence-electron chi connectivity index (χ2n) is 11.2. The molecule has 2 amide bonds. The first-order valence-electron chi connectivity index (χ1n) is 13.8. The molecular weight excluding hydrogens is 477 g/mol. The van der Waals surface area contributed by atoms with E-state index in [1.165, 1.54) is 17.2 Å². The largest absolute Gasteiger partial charge is 0.346 e. The first-order chi connectivity index (χ1) is 18.3. The van der Waals surface area contributed by atoms with E-state index in [-0.39, 0.29) is 29.7 Å². The lowest BCUT2D eigenvalue weighted by Gasteiger charge is -2.48. The van der Waals surface area contributed by atoms with Crippen molar-refractivity contribution in [1.82, 2.24) is 15.1 Å². The number of carbonyl (C=O) groups is 2. The average Bonchev–Trinajstić information content (AvgIpc) is 3.59. The number of piperazine rings is 1. The molecular formula is C32H38FN3O2. The van der Waals surface area contributed by atoms with Gasteiger partial charge >= 0.3 is 0 Å². The number of halogens is 1. The van der Waals surface area contributed by atoms with Gasteiger partial charge in [-0.25, -0.2) is 4.39 Å². The molecule has 6 heteroatoms. The van der Waals surface area contributed by atoms with Crippen molar-refractivity contribution in [2.75, 3.05) is 13.1 Å². The molecule has 1 aliphatic carbocycles. The van der Waals surface area contributed by atoms with Crippen molar-refractivity contribution >= 4 is 11.8 Å². The van der Waals surface area contributed by atoms with Crippen LogP contribution in [0.2, 0.25) is 0 Å². The maximum absolute atomic E-state index is 15.6. The van der Waals surface area contributed by atoms with Gasteiger partial charge in [-0.15, -0.1) is 6.58 Å². The van der Waals surface area contributed by atoms with Crippen LogP contribution in [0.5, 0.6) is 0 Å². The van der Waals surface area contributed by atoms with Gasteiger partial charge in [0.2, 0.25) is 11.8 Å². The van der Waals surface area contributed by atoms with Crippen LogP contribution in [-0.4, -0.2) is 46.8 Å². The number of nitrogens with one attached hydrogen (secondary N) is 1. The molecule has 5 rings (SSSR count).